The van der Waals surface area contributed by atoms with Crippen molar-refractivity contribution < 1.29 is 0 Å². The first-order valence-electron chi connectivity index (χ1n) is 7.53. The normalized spacial score (nSPS) is 10.6. The van der Waals surface area contributed by atoms with Crippen molar-refractivity contribution in [3.63, 3.8) is 0 Å². The Morgan fingerprint density at radius 3 is 1.57 bits per heavy atom. The summed E-state index contributed by atoms with van der Waals surface area (Å²) in [5.41, 5.74) is 7.82. The number of benzene rings is 3. The minimum Gasteiger partial charge on any atom is -0.0616 e. The summed E-state index contributed by atoms with van der Waals surface area (Å²) >= 11 is 0. The third kappa shape index (κ3) is 2.90. The summed E-state index contributed by atoms with van der Waals surface area (Å²) in [4.78, 5) is 0. The van der Waals surface area contributed by atoms with Crippen LogP contribution in [-0.4, -0.2) is 0 Å². The van der Waals surface area contributed by atoms with E-state index in [1.807, 2.05) is 0 Å². The van der Waals surface area contributed by atoms with Crippen LogP contribution in [0.15, 0.2) is 72.8 Å². The van der Waals surface area contributed by atoms with Crippen LogP contribution in [-0.2, 0) is 6.42 Å². The molecular weight excluding hydrogens is 252 g/mol. The van der Waals surface area contributed by atoms with Crippen LogP contribution in [0.3, 0.4) is 0 Å². The Hall–Kier alpha value is -2.34. The maximum atomic E-state index is 2.23. The van der Waals surface area contributed by atoms with Crippen LogP contribution in [0.4, 0.5) is 0 Å². The first kappa shape index (κ1) is 13.6. The van der Waals surface area contributed by atoms with Gasteiger partial charge in [0.2, 0.25) is 0 Å². The summed E-state index contributed by atoms with van der Waals surface area (Å²) < 4.78 is 0. The molecule has 0 saturated heterocycles. The fraction of sp³-hybridized carbons (Fsp3) is 0.143. The fourth-order valence-corrected chi connectivity index (χ4v) is 2.64. The van der Waals surface area contributed by atoms with E-state index in [1.54, 1.807) is 0 Å². The standard InChI is InChI=1S/C21H20/c1-3-17-10-14-19(15-11-17)21-7-5-4-6-20(21)18-12-8-16(2)9-13-18/h4-15H,3H2,1-2H3. The van der Waals surface area contributed by atoms with Crippen molar-refractivity contribution in [1.82, 2.24) is 0 Å². The number of aryl methyl sites for hydroxylation is 2. The largest absolute Gasteiger partial charge is 0.0616 e. The first-order chi connectivity index (χ1) is 10.3. The van der Waals surface area contributed by atoms with E-state index >= 15 is 0 Å². The second-order valence-electron chi connectivity index (χ2n) is 5.46. The molecule has 3 aromatic carbocycles. The van der Waals surface area contributed by atoms with Gasteiger partial charge in [0.05, 0.1) is 0 Å². The van der Waals surface area contributed by atoms with E-state index in [9.17, 15) is 0 Å². The number of rotatable bonds is 3. The summed E-state index contributed by atoms with van der Waals surface area (Å²) in [5, 5.41) is 0. The maximum absolute atomic E-state index is 2.23. The molecule has 3 aromatic rings. The highest BCUT2D eigenvalue weighted by molar-refractivity contribution is 5.83. The Morgan fingerprint density at radius 1 is 0.619 bits per heavy atom. The summed E-state index contributed by atoms with van der Waals surface area (Å²) in [5.74, 6) is 0. The van der Waals surface area contributed by atoms with Crippen LogP contribution in [0.2, 0.25) is 0 Å². The molecule has 0 aliphatic carbocycles. The van der Waals surface area contributed by atoms with Gasteiger partial charge in [-0.2, -0.15) is 0 Å². The number of hydrogen-bond donors (Lipinski definition) is 0. The van der Waals surface area contributed by atoms with Crippen LogP contribution >= 0.6 is 0 Å². The Morgan fingerprint density at radius 2 is 1.10 bits per heavy atom. The monoisotopic (exact) mass is 272 g/mol. The van der Waals surface area contributed by atoms with E-state index in [0.717, 1.165) is 6.42 Å². The van der Waals surface area contributed by atoms with Crippen LogP contribution in [0.25, 0.3) is 22.3 Å². The fourth-order valence-electron chi connectivity index (χ4n) is 2.64. The van der Waals surface area contributed by atoms with Crippen molar-refractivity contribution in [1.29, 1.82) is 0 Å². The van der Waals surface area contributed by atoms with E-state index in [4.69, 9.17) is 0 Å². The lowest BCUT2D eigenvalue weighted by atomic mass is 9.93. The third-order valence-electron chi connectivity index (χ3n) is 3.96. The molecule has 3 rings (SSSR count). The molecule has 0 spiro atoms. The Labute approximate surface area is 127 Å². The predicted octanol–water partition coefficient (Wildman–Crippen LogP) is 5.89. The van der Waals surface area contributed by atoms with Gasteiger partial charge in [-0.25, -0.2) is 0 Å². The topological polar surface area (TPSA) is 0 Å². The lowest BCUT2D eigenvalue weighted by Crippen LogP contribution is -1.86. The second-order valence-corrected chi connectivity index (χ2v) is 5.46. The summed E-state index contributed by atoms with van der Waals surface area (Å²) in [6.45, 7) is 4.31. The van der Waals surface area contributed by atoms with Crippen molar-refractivity contribution in [2.24, 2.45) is 0 Å². The highest BCUT2D eigenvalue weighted by Crippen LogP contribution is 2.32. The third-order valence-corrected chi connectivity index (χ3v) is 3.96. The molecule has 0 nitrogen and oxygen atoms in total. The molecule has 21 heavy (non-hydrogen) atoms. The van der Waals surface area contributed by atoms with Gasteiger partial charge in [0, 0.05) is 0 Å². The average Bonchev–Trinajstić information content (AvgIpc) is 2.56. The molecule has 0 saturated carbocycles. The number of hydrogen-bond acceptors (Lipinski definition) is 0. The quantitative estimate of drug-likeness (QED) is 0.557. The minimum absolute atomic E-state index is 1.08. The SMILES string of the molecule is CCc1ccc(-c2ccccc2-c2ccc(C)cc2)cc1. The Bertz CT molecular complexity index is 719. The Kier molecular flexibility index (Phi) is 3.87. The molecule has 0 aliphatic rings. The molecule has 0 amide bonds. The molecule has 0 heteroatoms. The van der Waals surface area contributed by atoms with E-state index in [0.29, 0.717) is 0 Å². The molecule has 0 bridgehead atoms. The zero-order valence-electron chi connectivity index (χ0n) is 12.6. The highest BCUT2D eigenvalue weighted by Gasteiger charge is 2.06. The molecule has 0 heterocycles. The van der Waals surface area contributed by atoms with E-state index in [2.05, 4.69) is 86.6 Å². The summed E-state index contributed by atoms with van der Waals surface area (Å²) in [6, 6.07) is 26.3. The van der Waals surface area contributed by atoms with Crippen molar-refractivity contribution >= 4 is 0 Å². The van der Waals surface area contributed by atoms with Crippen LogP contribution in [0.5, 0.6) is 0 Å². The van der Waals surface area contributed by atoms with Crippen LogP contribution in [0.1, 0.15) is 18.1 Å². The van der Waals surface area contributed by atoms with Gasteiger partial charge in [0.1, 0.15) is 0 Å². The van der Waals surface area contributed by atoms with Gasteiger partial charge in [-0.3, -0.25) is 0 Å². The molecule has 0 fully saturated rings. The summed E-state index contributed by atoms with van der Waals surface area (Å²) in [6.07, 6.45) is 1.08. The van der Waals surface area contributed by atoms with E-state index in [1.165, 1.54) is 33.4 Å². The average molecular weight is 272 g/mol. The summed E-state index contributed by atoms with van der Waals surface area (Å²) in [7, 11) is 0. The smallest absolute Gasteiger partial charge is 0.0105 e. The van der Waals surface area contributed by atoms with Crippen molar-refractivity contribution in [2.45, 2.75) is 20.3 Å². The molecule has 104 valence electrons. The molecule has 0 unspecified atom stereocenters. The van der Waals surface area contributed by atoms with Gasteiger partial charge >= 0.3 is 0 Å². The lowest BCUT2D eigenvalue weighted by Gasteiger charge is -2.11. The zero-order chi connectivity index (χ0) is 14.7. The van der Waals surface area contributed by atoms with Gasteiger partial charge in [0.25, 0.3) is 0 Å². The first-order valence-corrected chi connectivity index (χ1v) is 7.53. The maximum Gasteiger partial charge on any atom is -0.0105 e. The molecule has 0 atom stereocenters. The zero-order valence-corrected chi connectivity index (χ0v) is 12.6. The van der Waals surface area contributed by atoms with E-state index in [-0.39, 0.29) is 0 Å². The molecule has 0 N–H and O–H groups in total. The van der Waals surface area contributed by atoms with Gasteiger partial charge < -0.3 is 0 Å². The second kappa shape index (κ2) is 5.97. The Balaban J connectivity index is 2.08. The van der Waals surface area contributed by atoms with Gasteiger partial charge in [-0.1, -0.05) is 85.3 Å². The van der Waals surface area contributed by atoms with Crippen LogP contribution < -0.4 is 0 Å². The van der Waals surface area contributed by atoms with Gasteiger partial charge in [0.15, 0.2) is 0 Å². The minimum atomic E-state index is 1.08. The predicted molar refractivity (Wildman–Crippen MR) is 91.4 cm³/mol. The van der Waals surface area contributed by atoms with Crippen LogP contribution in [0, 0.1) is 6.92 Å². The van der Waals surface area contributed by atoms with Gasteiger partial charge in [-0.05, 0) is 41.2 Å². The lowest BCUT2D eigenvalue weighted by molar-refractivity contribution is 1.14. The van der Waals surface area contributed by atoms with E-state index < -0.39 is 0 Å². The van der Waals surface area contributed by atoms with Crippen molar-refractivity contribution in [3.05, 3.63) is 83.9 Å². The molecular formula is C21H20. The van der Waals surface area contributed by atoms with Crippen molar-refractivity contribution in [2.75, 3.05) is 0 Å². The molecule has 0 aromatic heterocycles. The van der Waals surface area contributed by atoms with Crippen molar-refractivity contribution in [3.8, 4) is 22.3 Å². The molecule has 0 radical (unpaired) electrons. The highest BCUT2D eigenvalue weighted by atomic mass is 14.1. The van der Waals surface area contributed by atoms with Gasteiger partial charge in [-0.15, -0.1) is 0 Å². The molecule has 0 aliphatic heterocycles.